The minimum atomic E-state index is -0.0181. The number of hydrogen-bond donors (Lipinski definition) is 1. The van der Waals surface area contributed by atoms with E-state index in [1.807, 2.05) is 6.92 Å². The Bertz CT molecular complexity index is 353. The van der Waals surface area contributed by atoms with E-state index >= 15 is 0 Å². The lowest BCUT2D eigenvalue weighted by Gasteiger charge is -2.41. The second-order valence-corrected chi connectivity index (χ2v) is 6.06. The van der Waals surface area contributed by atoms with Crippen LogP contribution in [0, 0.1) is 11.3 Å². The lowest BCUT2D eigenvalue weighted by atomic mass is 9.66. The third-order valence-electron chi connectivity index (χ3n) is 3.90. The highest BCUT2D eigenvalue weighted by atomic mass is 79.9. The average molecular weight is 303 g/mol. The van der Waals surface area contributed by atoms with Crippen LogP contribution in [0.1, 0.15) is 40.5 Å². The highest BCUT2D eigenvalue weighted by Gasteiger charge is 2.40. The van der Waals surface area contributed by atoms with Gasteiger partial charge < -0.3 is 9.84 Å². The van der Waals surface area contributed by atoms with Crippen molar-refractivity contribution in [3.05, 3.63) is 21.4 Å². The Balaban J connectivity index is 3.33. The highest BCUT2D eigenvalue weighted by Crippen LogP contribution is 2.50. The number of ether oxygens (including phenoxy) is 1. The normalized spacial score (nSPS) is 24.3. The lowest BCUT2D eigenvalue weighted by molar-refractivity contribution is 0.209. The van der Waals surface area contributed by atoms with Crippen LogP contribution in [0.2, 0.25) is 0 Å². The summed E-state index contributed by atoms with van der Waals surface area (Å²) in [5.41, 5.74) is 2.14. The zero-order valence-corrected chi connectivity index (χ0v) is 13.0. The quantitative estimate of drug-likeness (QED) is 0.850. The Kier molecular flexibility index (Phi) is 4.85. The molecule has 0 aromatic heterocycles. The van der Waals surface area contributed by atoms with Crippen LogP contribution >= 0.6 is 15.9 Å². The van der Waals surface area contributed by atoms with E-state index in [4.69, 9.17) is 4.74 Å². The van der Waals surface area contributed by atoms with E-state index in [1.165, 1.54) is 0 Å². The predicted molar refractivity (Wildman–Crippen MR) is 74.9 cm³/mol. The number of hydrogen-bond acceptors (Lipinski definition) is 2. The largest absolute Gasteiger partial charge is 0.496 e. The third kappa shape index (κ3) is 2.45. The van der Waals surface area contributed by atoms with Gasteiger partial charge in [0.25, 0.3) is 0 Å². The van der Waals surface area contributed by atoms with Crippen LogP contribution in [0.3, 0.4) is 0 Å². The fourth-order valence-corrected chi connectivity index (χ4v) is 4.09. The maximum Gasteiger partial charge on any atom is 0.132 e. The third-order valence-corrected chi connectivity index (χ3v) is 4.82. The molecule has 0 aromatic carbocycles. The maximum atomic E-state index is 9.63. The number of rotatable bonds is 4. The molecule has 1 rings (SSSR count). The molecule has 2 nitrogen and oxygen atoms in total. The van der Waals surface area contributed by atoms with Gasteiger partial charge in [-0.05, 0) is 29.9 Å². The van der Waals surface area contributed by atoms with Gasteiger partial charge in [-0.3, -0.25) is 0 Å². The zero-order valence-electron chi connectivity index (χ0n) is 11.4. The fourth-order valence-electron chi connectivity index (χ4n) is 2.83. The lowest BCUT2D eigenvalue weighted by Crippen LogP contribution is -2.33. The SMILES string of the molecule is CCC[C@H]1C(Br)=C(OC)C(C)=C(CO)C1(C)C. The van der Waals surface area contributed by atoms with Gasteiger partial charge in [-0.1, -0.05) is 43.1 Å². The molecule has 0 bridgehead atoms. The number of methoxy groups -OCH3 is 1. The van der Waals surface area contributed by atoms with E-state index in [-0.39, 0.29) is 12.0 Å². The highest BCUT2D eigenvalue weighted by molar-refractivity contribution is 9.11. The molecule has 0 saturated heterocycles. The summed E-state index contributed by atoms with van der Waals surface area (Å²) in [7, 11) is 1.69. The van der Waals surface area contributed by atoms with Gasteiger partial charge >= 0.3 is 0 Å². The number of aliphatic hydroxyl groups is 1. The molecule has 0 aliphatic heterocycles. The van der Waals surface area contributed by atoms with Gasteiger partial charge in [0.2, 0.25) is 0 Å². The first kappa shape index (κ1) is 14.8. The van der Waals surface area contributed by atoms with Gasteiger partial charge in [-0.25, -0.2) is 0 Å². The predicted octanol–water partition coefficient (Wildman–Crippen LogP) is 4.00. The molecule has 0 spiro atoms. The van der Waals surface area contributed by atoms with Gasteiger partial charge in [0.1, 0.15) is 5.76 Å². The molecular weight excluding hydrogens is 280 g/mol. The van der Waals surface area contributed by atoms with E-state index in [9.17, 15) is 5.11 Å². The molecule has 17 heavy (non-hydrogen) atoms. The monoisotopic (exact) mass is 302 g/mol. The van der Waals surface area contributed by atoms with Crippen molar-refractivity contribution >= 4 is 15.9 Å². The summed E-state index contributed by atoms with van der Waals surface area (Å²) in [6.45, 7) is 8.72. The molecule has 1 N–H and O–H groups in total. The van der Waals surface area contributed by atoms with Crippen molar-refractivity contribution in [2.24, 2.45) is 11.3 Å². The van der Waals surface area contributed by atoms with Crippen LogP contribution in [0.4, 0.5) is 0 Å². The van der Waals surface area contributed by atoms with Gasteiger partial charge in [0.05, 0.1) is 13.7 Å². The van der Waals surface area contributed by atoms with Crippen molar-refractivity contribution in [3.63, 3.8) is 0 Å². The van der Waals surface area contributed by atoms with Gasteiger partial charge in [0, 0.05) is 10.4 Å². The topological polar surface area (TPSA) is 29.5 Å². The standard InChI is InChI=1S/C14H23BrO2/c1-6-7-10-12(15)13(17-5)9(2)11(8-16)14(10,3)4/h10,16H,6-8H2,1-5H3/t10-/m0/s1. The molecule has 0 unspecified atom stereocenters. The second-order valence-electron chi connectivity index (χ2n) is 5.21. The Hall–Kier alpha value is -0.280. The van der Waals surface area contributed by atoms with Crippen molar-refractivity contribution in [2.75, 3.05) is 13.7 Å². The first-order valence-corrected chi connectivity index (χ1v) is 6.96. The van der Waals surface area contributed by atoms with Crippen LogP contribution in [0.25, 0.3) is 0 Å². The van der Waals surface area contributed by atoms with Crippen molar-refractivity contribution in [1.29, 1.82) is 0 Å². The first-order chi connectivity index (χ1) is 7.91. The molecule has 0 heterocycles. The van der Waals surface area contributed by atoms with Crippen molar-refractivity contribution in [3.8, 4) is 0 Å². The van der Waals surface area contributed by atoms with Crippen molar-refractivity contribution < 1.29 is 9.84 Å². The van der Waals surface area contributed by atoms with Crippen LogP contribution in [0.15, 0.2) is 21.4 Å². The summed E-state index contributed by atoms with van der Waals surface area (Å²) in [5.74, 6) is 1.28. The van der Waals surface area contributed by atoms with Crippen molar-refractivity contribution in [1.82, 2.24) is 0 Å². The molecule has 0 saturated carbocycles. The minimum absolute atomic E-state index is 0.0181. The fraction of sp³-hybridized carbons (Fsp3) is 0.714. The summed E-state index contributed by atoms with van der Waals surface area (Å²) in [6.07, 6.45) is 2.22. The molecule has 98 valence electrons. The van der Waals surface area contributed by atoms with Gasteiger partial charge in [-0.2, -0.15) is 0 Å². The summed E-state index contributed by atoms with van der Waals surface area (Å²) >= 11 is 3.69. The van der Waals surface area contributed by atoms with Gasteiger partial charge in [0.15, 0.2) is 0 Å². The molecule has 1 aliphatic carbocycles. The second kappa shape index (κ2) is 5.57. The molecule has 1 atom stereocenters. The Labute approximate surface area is 113 Å². The molecule has 0 amide bonds. The van der Waals surface area contributed by atoms with Crippen LogP contribution in [0.5, 0.6) is 0 Å². The van der Waals surface area contributed by atoms with Crippen molar-refractivity contribution in [2.45, 2.75) is 40.5 Å². The maximum absolute atomic E-state index is 9.63. The zero-order chi connectivity index (χ0) is 13.2. The summed E-state index contributed by atoms with van der Waals surface area (Å²) in [5, 5.41) is 9.63. The number of allylic oxidation sites excluding steroid dienone is 2. The molecule has 3 heteroatoms. The summed E-state index contributed by atoms with van der Waals surface area (Å²) < 4.78 is 6.62. The Morgan fingerprint density at radius 2 is 2.00 bits per heavy atom. The van der Waals surface area contributed by atoms with Crippen LogP contribution in [-0.4, -0.2) is 18.8 Å². The minimum Gasteiger partial charge on any atom is -0.496 e. The van der Waals surface area contributed by atoms with Crippen LogP contribution in [-0.2, 0) is 4.74 Å². The number of aliphatic hydroxyl groups excluding tert-OH is 1. The molecule has 0 aromatic rings. The summed E-state index contributed by atoms with van der Waals surface area (Å²) in [6, 6.07) is 0. The summed E-state index contributed by atoms with van der Waals surface area (Å²) in [4.78, 5) is 0. The molecule has 0 fully saturated rings. The van der Waals surface area contributed by atoms with E-state index in [1.54, 1.807) is 7.11 Å². The van der Waals surface area contributed by atoms with E-state index in [0.29, 0.717) is 5.92 Å². The van der Waals surface area contributed by atoms with E-state index in [0.717, 1.165) is 34.2 Å². The van der Waals surface area contributed by atoms with E-state index < -0.39 is 0 Å². The van der Waals surface area contributed by atoms with Crippen LogP contribution < -0.4 is 0 Å². The molecule has 0 radical (unpaired) electrons. The smallest absolute Gasteiger partial charge is 0.132 e. The first-order valence-electron chi connectivity index (χ1n) is 6.16. The van der Waals surface area contributed by atoms with E-state index in [2.05, 4.69) is 36.7 Å². The average Bonchev–Trinajstić information content (AvgIpc) is 2.25. The molecular formula is C14H23BrO2. The van der Waals surface area contributed by atoms with Gasteiger partial charge in [-0.15, -0.1) is 0 Å². The Morgan fingerprint density at radius 3 is 2.41 bits per heavy atom. The molecule has 1 aliphatic rings. The number of halogens is 1. The Morgan fingerprint density at radius 1 is 1.41 bits per heavy atom.